The van der Waals surface area contributed by atoms with Gasteiger partial charge in [0.05, 0.1) is 0 Å². The van der Waals surface area contributed by atoms with Crippen LogP contribution in [0.4, 0.5) is 5.82 Å². The molecule has 0 saturated carbocycles. The van der Waals surface area contributed by atoms with Gasteiger partial charge < -0.3 is 15.1 Å². The maximum Gasteiger partial charge on any atom is 0.255 e. The summed E-state index contributed by atoms with van der Waals surface area (Å²) >= 11 is 0. The Balaban J connectivity index is 1.11. The highest BCUT2D eigenvalue weighted by atomic mass is 16.2. The van der Waals surface area contributed by atoms with Gasteiger partial charge in [0.25, 0.3) is 5.91 Å². The highest BCUT2D eigenvalue weighted by Gasteiger charge is 2.39. The van der Waals surface area contributed by atoms with Gasteiger partial charge in [-0.2, -0.15) is 0 Å². The van der Waals surface area contributed by atoms with Crippen molar-refractivity contribution in [2.24, 2.45) is 0 Å². The second kappa shape index (κ2) is 9.85. The molecule has 3 aliphatic heterocycles. The molecule has 1 atom stereocenters. The van der Waals surface area contributed by atoms with Crippen LogP contribution in [0.25, 0.3) is 0 Å². The van der Waals surface area contributed by atoms with E-state index in [9.17, 15) is 19.2 Å². The van der Waals surface area contributed by atoms with E-state index in [4.69, 9.17) is 0 Å². The monoisotopic (exact) mass is 475 g/mol. The Morgan fingerprint density at radius 3 is 2.66 bits per heavy atom. The fourth-order valence-electron chi connectivity index (χ4n) is 5.11. The van der Waals surface area contributed by atoms with Crippen LogP contribution in [0, 0.1) is 0 Å². The number of carbonyl (C=O) groups is 4. The summed E-state index contributed by atoms with van der Waals surface area (Å²) < 4.78 is 0. The second-order valence-electron chi connectivity index (χ2n) is 9.41. The van der Waals surface area contributed by atoms with E-state index in [2.05, 4.69) is 20.5 Å². The molecule has 0 spiro atoms. The van der Waals surface area contributed by atoms with E-state index >= 15 is 0 Å². The summed E-state index contributed by atoms with van der Waals surface area (Å²) in [5.41, 5.74) is 2.37. The highest BCUT2D eigenvalue weighted by molar-refractivity contribution is 6.05. The van der Waals surface area contributed by atoms with Crippen molar-refractivity contribution >= 4 is 29.4 Å². The van der Waals surface area contributed by atoms with Crippen LogP contribution in [-0.2, 0) is 27.3 Å². The van der Waals surface area contributed by atoms with E-state index in [0.29, 0.717) is 31.4 Å². The number of rotatable bonds is 6. The van der Waals surface area contributed by atoms with Crippen LogP contribution in [0.2, 0.25) is 0 Å². The van der Waals surface area contributed by atoms with Gasteiger partial charge in [0.15, 0.2) is 0 Å². The number of aryl methyl sites for hydroxylation is 1. The summed E-state index contributed by atoms with van der Waals surface area (Å²) in [5.74, 6) is 0.0817. The average molecular weight is 476 g/mol. The normalized spacial score (nSPS) is 20.6. The van der Waals surface area contributed by atoms with Gasteiger partial charge in [0.2, 0.25) is 17.7 Å². The summed E-state index contributed by atoms with van der Waals surface area (Å²) in [6, 6.07) is 11.1. The average Bonchev–Trinajstić information content (AvgIpc) is 3.19. The molecule has 1 aromatic heterocycles. The first kappa shape index (κ1) is 23.0. The van der Waals surface area contributed by atoms with Gasteiger partial charge in [-0.05, 0) is 55.0 Å². The Morgan fingerprint density at radius 1 is 1.09 bits per heavy atom. The summed E-state index contributed by atoms with van der Waals surface area (Å²) in [5, 5.41) is 5.47. The van der Waals surface area contributed by atoms with Gasteiger partial charge in [0.1, 0.15) is 11.9 Å². The first-order chi connectivity index (χ1) is 17.0. The summed E-state index contributed by atoms with van der Waals surface area (Å²) in [4.78, 5) is 57.4. The van der Waals surface area contributed by atoms with Crippen LogP contribution in [-0.4, -0.2) is 58.7 Å². The first-order valence-corrected chi connectivity index (χ1v) is 12.2. The quantitative estimate of drug-likeness (QED) is 0.614. The van der Waals surface area contributed by atoms with Crippen LogP contribution < -0.4 is 15.5 Å². The van der Waals surface area contributed by atoms with E-state index in [1.807, 2.05) is 36.4 Å². The Morgan fingerprint density at radius 2 is 1.91 bits per heavy atom. The largest absolute Gasteiger partial charge is 0.356 e. The van der Waals surface area contributed by atoms with Gasteiger partial charge in [-0.1, -0.05) is 18.2 Å². The first-order valence-electron chi connectivity index (χ1n) is 12.2. The molecule has 1 aromatic carbocycles. The van der Waals surface area contributed by atoms with Crippen LogP contribution >= 0.6 is 0 Å². The number of benzene rings is 1. The van der Waals surface area contributed by atoms with Gasteiger partial charge >= 0.3 is 0 Å². The molecule has 182 valence electrons. The molecular weight excluding hydrogens is 446 g/mol. The molecule has 0 radical (unpaired) electrons. The molecule has 2 N–H and O–H groups in total. The molecule has 35 heavy (non-hydrogen) atoms. The lowest BCUT2D eigenvalue weighted by molar-refractivity contribution is -0.137. The molecule has 9 heteroatoms. The van der Waals surface area contributed by atoms with Crippen LogP contribution in [0.3, 0.4) is 0 Å². The summed E-state index contributed by atoms with van der Waals surface area (Å²) in [6.07, 6.45) is 5.03. The van der Waals surface area contributed by atoms with Crippen LogP contribution in [0.5, 0.6) is 0 Å². The molecule has 0 bridgehead atoms. The van der Waals surface area contributed by atoms with E-state index in [-0.39, 0.29) is 30.2 Å². The minimum absolute atomic E-state index is 0.0123. The fourth-order valence-corrected chi connectivity index (χ4v) is 5.11. The number of fused-ring (bicyclic) bond motifs is 1. The van der Waals surface area contributed by atoms with Crippen molar-refractivity contribution in [3.8, 4) is 0 Å². The third-order valence-electron chi connectivity index (χ3n) is 7.07. The standard InChI is InChI=1S/C26H29N5O4/c32-23(28-19-10-13-30(14-11-19)22-3-1-2-12-27-22)8-5-17-4-6-18-16-31(26(35)20(18)15-17)21-7-9-24(33)29-25(21)34/h1-4,6,12,15,19,21H,5,7-11,13-14,16H2,(H,28,32)(H,29,33,34). The van der Waals surface area contributed by atoms with E-state index < -0.39 is 11.9 Å². The molecule has 0 aliphatic carbocycles. The predicted octanol–water partition coefficient (Wildman–Crippen LogP) is 1.56. The number of piperidine rings is 2. The maximum absolute atomic E-state index is 13.0. The van der Waals surface area contributed by atoms with Gasteiger partial charge in [0, 0.05) is 50.3 Å². The summed E-state index contributed by atoms with van der Waals surface area (Å²) in [7, 11) is 0. The van der Waals surface area contributed by atoms with Crippen molar-refractivity contribution in [2.45, 2.75) is 57.2 Å². The number of pyridine rings is 1. The Labute approximate surface area is 203 Å². The number of hydrogen-bond acceptors (Lipinski definition) is 6. The lowest BCUT2D eigenvalue weighted by Crippen LogP contribution is -2.52. The number of nitrogens with one attached hydrogen (secondary N) is 2. The lowest BCUT2D eigenvalue weighted by Gasteiger charge is -2.33. The Bertz CT molecular complexity index is 1140. The molecule has 4 amide bonds. The molecule has 2 fully saturated rings. The maximum atomic E-state index is 13.0. The number of carbonyl (C=O) groups excluding carboxylic acids is 4. The van der Waals surface area contributed by atoms with Gasteiger partial charge in [-0.25, -0.2) is 4.98 Å². The molecule has 9 nitrogen and oxygen atoms in total. The Kier molecular flexibility index (Phi) is 6.48. The van der Waals surface area contributed by atoms with Crippen LogP contribution in [0.1, 0.15) is 53.6 Å². The van der Waals surface area contributed by atoms with Crippen molar-refractivity contribution in [3.63, 3.8) is 0 Å². The molecule has 2 aromatic rings. The number of nitrogens with zero attached hydrogens (tertiary/aromatic N) is 3. The van der Waals surface area contributed by atoms with Crippen molar-refractivity contribution in [3.05, 3.63) is 59.3 Å². The predicted molar refractivity (Wildman–Crippen MR) is 128 cm³/mol. The van der Waals surface area contributed by atoms with Crippen molar-refractivity contribution in [1.82, 2.24) is 20.5 Å². The third-order valence-corrected chi connectivity index (χ3v) is 7.07. The van der Waals surface area contributed by atoms with E-state index in [1.54, 1.807) is 11.1 Å². The zero-order valence-corrected chi connectivity index (χ0v) is 19.5. The van der Waals surface area contributed by atoms with Crippen molar-refractivity contribution < 1.29 is 19.2 Å². The van der Waals surface area contributed by atoms with Crippen LogP contribution in [0.15, 0.2) is 42.6 Å². The SMILES string of the molecule is O=C1CCC(N2Cc3ccc(CCC(=O)NC4CCN(c5ccccn5)CC4)cc3C2=O)C(=O)N1. The molecule has 5 rings (SSSR count). The molecule has 2 saturated heterocycles. The minimum atomic E-state index is -0.620. The van der Waals surface area contributed by atoms with Crippen molar-refractivity contribution in [2.75, 3.05) is 18.0 Å². The molecule has 1 unspecified atom stereocenters. The van der Waals surface area contributed by atoms with Gasteiger partial charge in [-0.15, -0.1) is 0 Å². The number of hydrogen-bond donors (Lipinski definition) is 2. The lowest BCUT2D eigenvalue weighted by atomic mass is 10.0. The zero-order chi connectivity index (χ0) is 24.4. The fraction of sp³-hybridized carbons (Fsp3) is 0.423. The second-order valence-corrected chi connectivity index (χ2v) is 9.41. The number of anilines is 1. The number of imide groups is 1. The third kappa shape index (κ3) is 5.03. The van der Waals surface area contributed by atoms with Gasteiger partial charge in [-0.3, -0.25) is 24.5 Å². The topological polar surface area (TPSA) is 112 Å². The van der Waals surface area contributed by atoms with E-state index in [0.717, 1.165) is 42.9 Å². The van der Waals surface area contributed by atoms with Crippen molar-refractivity contribution in [1.29, 1.82) is 0 Å². The molecule has 3 aliphatic rings. The molecular formula is C26H29N5O4. The minimum Gasteiger partial charge on any atom is -0.356 e. The number of amides is 4. The Hall–Kier alpha value is -3.75. The smallest absolute Gasteiger partial charge is 0.255 e. The molecule has 4 heterocycles. The number of aromatic nitrogens is 1. The highest BCUT2D eigenvalue weighted by Crippen LogP contribution is 2.28. The summed E-state index contributed by atoms with van der Waals surface area (Å²) in [6.45, 7) is 2.08. The zero-order valence-electron chi connectivity index (χ0n) is 19.5. The van der Waals surface area contributed by atoms with E-state index in [1.165, 1.54) is 0 Å².